The number of hydrogen-bond acceptors (Lipinski definition) is 5. The van der Waals surface area contributed by atoms with E-state index in [1.807, 2.05) is 37.3 Å². The number of nitriles is 1. The molecule has 0 bridgehead atoms. The van der Waals surface area contributed by atoms with E-state index < -0.39 is 5.91 Å². The van der Waals surface area contributed by atoms with Gasteiger partial charge in [0.15, 0.2) is 11.5 Å². The number of fused-ring (bicyclic) bond motifs is 1. The van der Waals surface area contributed by atoms with Gasteiger partial charge >= 0.3 is 0 Å². The van der Waals surface area contributed by atoms with Crippen LogP contribution in [0.3, 0.4) is 0 Å². The zero-order valence-electron chi connectivity index (χ0n) is 16.4. The van der Waals surface area contributed by atoms with Crippen molar-refractivity contribution in [2.24, 2.45) is 5.10 Å². The lowest BCUT2D eigenvalue weighted by Gasteiger charge is -2.15. The highest BCUT2D eigenvalue weighted by atomic mass is 127. The number of benzene rings is 3. The minimum absolute atomic E-state index is 0.236. The van der Waals surface area contributed by atoms with Crippen molar-refractivity contribution in [3.05, 3.63) is 69.3 Å². The van der Waals surface area contributed by atoms with Gasteiger partial charge in [0.1, 0.15) is 13.0 Å². The molecule has 0 saturated carbocycles. The number of amides is 1. The summed E-state index contributed by atoms with van der Waals surface area (Å²) in [4.78, 5) is 11.3. The summed E-state index contributed by atoms with van der Waals surface area (Å²) in [6, 6.07) is 19.8. The minimum atomic E-state index is -0.455. The van der Waals surface area contributed by atoms with Crippen molar-refractivity contribution in [3.8, 4) is 17.6 Å². The van der Waals surface area contributed by atoms with Crippen molar-refractivity contribution in [3.63, 3.8) is 0 Å². The Balaban J connectivity index is 1.81. The molecular formula is C23H20IN3O3. The molecule has 7 heteroatoms. The molecule has 3 aromatic rings. The summed E-state index contributed by atoms with van der Waals surface area (Å²) < 4.78 is 12.8. The maximum atomic E-state index is 11.3. The SMILES string of the molecule is CCOc1cc(/C=N\NC(=O)CC#N)cc(I)c1OCc1cccc2ccccc12. The van der Waals surface area contributed by atoms with Crippen LogP contribution in [0.4, 0.5) is 0 Å². The normalized spacial score (nSPS) is 10.7. The van der Waals surface area contributed by atoms with Gasteiger partial charge in [-0.2, -0.15) is 10.4 Å². The Labute approximate surface area is 188 Å². The minimum Gasteiger partial charge on any atom is -0.490 e. The van der Waals surface area contributed by atoms with Crippen LogP contribution in [0.1, 0.15) is 24.5 Å². The summed E-state index contributed by atoms with van der Waals surface area (Å²) in [6.45, 7) is 2.81. The number of ether oxygens (including phenoxy) is 2. The van der Waals surface area contributed by atoms with Crippen LogP contribution >= 0.6 is 22.6 Å². The summed E-state index contributed by atoms with van der Waals surface area (Å²) in [6.07, 6.45) is 1.27. The zero-order valence-corrected chi connectivity index (χ0v) is 18.5. The van der Waals surface area contributed by atoms with Gasteiger partial charge < -0.3 is 9.47 Å². The molecule has 30 heavy (non-hydrogen) atoms. The molecule has 6 nitrogen and oxygen atoms in total. The second-order valence-corrected chi connectivity index (χ2v) is 7.48. The molecule has 0 radical (unpaired) electrons. The topological polar surface area (TPSA) is 83.7 Å². The third-order valence-electron chi connectivity index (χ3n) is 4.23. The van der Waals surface area contributed by atoms with Crippen molar-refractivity contribution in [2.75, 3.05) is 6.61 Å². The van der Waals surface area contributed by atoms with E-state index in [0.29, 0.717) is 24.7 Å². The van der Waals surface area contributed by atoms with Crippen LogP contribution in [-0.2, 0) is 11.4 Å². The average Bonchev–Trinajstić information content (AvgIpc) is 2.73. The van der Waals surface area contributed by atoms with Crippen molar-refractivity contribution in [1.29, 1.82) is 5.26 Å². The van der Waals surface area contributed by atoms with Crippen LogP contribution in [0.5, 0.6) is 11.5 Å². The number of hydrogen-bond donors (Lipinski definition) is 1. The molecule has 0 aromatic heterocycles. The highest BCUT2D eigenvalue weighted by Gasteiger charge is 2.13. The standard InChI is InChI=1S/C23H20IN3O3/c1-2-29-21-13-16(14-26-27-22(28)10-11-25)12-20(24)23(21)30-15-18-8-5-7-17-6-3-4-9-19(17)18/h3-9,12-14H,2,10,15H2,1H3,(H,27,28)/b26-14-. The number of nitrogens with one attached hydrogen (secondary N) is 1. The molecule has 0 aliphatic heterocycles. The Hall–Kier alpha value is -3.12. The lowest BCUT2D eigenvalue weighted by molar-refractivity contribution is -0.120. The Morgan fingerprint density at radius 3 is 2.80 bits per heavy atom. The monoisotopic (exact) mass is 513 g/mol. The van der Waals surface area contributed by atoms with E-state index in [1.54, 1.807) is 6.07 Å². The lowest BCUT2D eigenvalue weighted by Crippen LogP contribution is -2.16. The fourth-order valence-corrected chi connectivity index (χ4v) is 3.70. The van der Waals surface area contributed by atoms with Gasteiger partial charge in [-0.25, -0.2) is 5.43 Å². The van der Waals surface area contributed by atoms with Crippen molar-refractivity contribution in [1.82, 2.24) is 5.43 Å². The fourth-order valence-electron chi connectivity index (χ4n) is 2.92. The number of nitrogens with zero attached hydrogens (tertiary/aromatic N) is 2. The molecule has 1 N–H and O–H groups in total. The zero-order chi connectivity index (χ0) is 21.3. The first kappa shape index (κ1) is 21.6. The molecular weight excluding hydrogens is 493 g/mol. The second kappa shape index (κ2) is 10.6. The van der Waals surface area contributed by atoms with E-state index in [9.17, 15) is 4.79 Å². The predicted molar refractivity (Wildman–Crippen MR) is 125 cm³/mol. The van der Waals surface area contributed by atoms with Gasteiger partial charge in [0.2, 0.25) is 0 Å². The molecule has 0 spiro atoms. The Morgan fingerprint density at radius 1 is 1.20 bits per heavy atom. The van der Waals surface area contributed by atoms with E-state index in [-0.39, 0.29) is 6.42 Å². The molecule has 0 unspecified atom stereocenters. The highest BCUT2D eigenvalue weighted by molar-refractivity contribution is 14.1. The molecule has 3 aromatic carbocycles. The molecule has 3 rings (SSSR count). The number of rotatable bonds is 8. The van der Waals surface area contributed by atoms with Gasteiger partial charge in [0, 0.05) is 0 Å². The second-order valence-electron chi connectivity index (χ2n) is 6.32. The van der Waals surface area contributed by atoms with Crippen LogP contribution in [0, 0.1) is 14.9 Å². The maximum Gasteiger partial charge on any atom is 0.254 e. The molecule has 0 aliphatic carbocycles. The third kappa shape index (κ3) is 5.48. The van der Waals surface area contributed by atoms with Crippen LogP contribution in [0.2, 0.25) is 0 Å². The Morgan fingerprint density at radius 2 is 2.00 bits per heavy atom. The lowest BCUT2D eigenvalue weighted by atomic mass is 10.1. The fraction of sp³-hybridized carbons (Fsp3) is 0.174. The van der Waals surface area contributed by atoms with Crippen molar-refractivity contribution < 1.29 is 14.3 Å². The van der Waals surface area contributed by atoms with Gasteiger partial charge in [0.25, 0.3) is 5.91 Å². The average molecular weight is 513 g/mol. The van der Waals surface area contributed by atoms with E-state index in [4.69, 9.17) is 14.7 Å². The summed E-state index contributed by atoms with van der Waals surface area (Å²) >= 11 is 2.19. The van der Waals surface area contributed by atoms with Gasteiger partial charge in [-0.05, 0) is 63.5 Å². The summed E-state index contributed by atoms with van der Waals surface area (Å²) in [5.41, 5.74) is 4.16. The van der Waals surface area contributed by atoms with Gasteiger partial charge in [-0.3, -0.25) is 4.79 Å². The Kier molecular flexibility index (Phi) is 7.63. The number of hydrazone groups is 1. The smallest absolute Gasteiger partial charge is 0.254 e. The largest absolute Gasteiger partial charge is 0.490 e. The molecule has 0 atom stereocenters. The van der Waals surface area contributed by atoms with Crippen molar-refractivity contribution in [2.45, 2.75) is 20.0 Å². The van der Waals surface area contributed by atoms with E-state index in [2.05, 4.69) is 57.4 Å². The van der Waals surface area contributed by atoms with Crippen LogP contribution < -0.4 is 14.9 Å². The summed E-state index contributed by atoms with van der Waals surface area (Å²) in [5, 5.41) is 14.7. The molecule has 1 amide bonds. The predicted octanol–water partition coefficient (Wildman–Crippen LogP) is 4.79. The summed E-state index contributed by atoms with van der Waals surface area (Å²) in [7, 11) is 0. The maximum absolute atomic E-state index is 11.3. The van der Waals surface area contributed by atoms with Crippen LogP contribution in [-0.4, -0.2) is 18.7 Å². The van der Waals surface area contributed by atoms with Gasteiger partial charge in [0.05, 0.1) is 22.5 Å². The molecule has 0 aliphatic rings. The van der Waals surface area contributed by atoms with Gasteiger partial charge in [-0.1, -0.05) is 42.5 Å². The summed E-state index contributed by atoms with van der Waals surface area (Å²) in [5.74, 6) is 0.814. The number of halogens is 1. The third-order valence-corrected chi connectivity index (χ3v) is 5.03. The number of carbonyl (C=O) groups is 1. The number of carbonyl (C=O) groups excluding carboxylic acids is 1. The van der Waals surface area contributed by atoms with E-state index >= 15 is 0 Å². The quantitative estimate of drug-likeness (QED) is 0.267. The van der Waals surface area contributed by atoms with Crippen LogP contribution in [0.15, 0.2) is 59.7 Å². The van der Waals surface area contributed by atoms with Crippen LogP contribution in [0.25, 0.3) is 10.8 Å². The first-order valence-electron chi connectivity index (χ1n) is 9.37. The molecule has 0 fully saturated rings. The molecule has 152 valence electrons. The van der Waals surface area contributed by atoms with E-state index in [1.165, 1.54) is 11.6 Å². The van der Waals surface area contributed by atoms with Crippen molar-refractivity contribution >= 4 is 45.5 Å². The van der Waals surface area contributed by atoms with Gasteiger partial charge in [-0.15, -0.1) is 0 Å². The first-order valence-corrected chi connectivity index (χ1v) is 10.4. The molecule has 0 saturated heterocycles. The highest BCUT2D eigenvalue weighted by Crippen LogP contribution is 2.35. The van der Waals surface area contributed by atoms with E-state index in [0.717, 1.165) is 20.1 Å². The first-order chi connectivity index (χ1) is 14.6. The Bertz CT molecular complexity index is 1120. The molecule has 0 heterocycles.